The molecule has 1 aliphatic heterocycles. The van der Waals surface area contributed by atoms with Crippen molar-refractivity contribution < 1.29 is 0 Å². The van der Waals surface area contributed by atoms with Gasteiger partial charge in [0, 0.05) is 10.8 Å². The lowest BCUT2D eigenvalue weighted by Gasteiger charge is -2.32. The first-order chi connectivity index (χ1) is 8.74. The van der Waals surface area contributed by atoms with Crippen molar-refractivity contribution in [2.45, 2.75) is 49.8 Å². The van der Waals surface area contributed by atoms with E-state index in [-0.39, 0.29) is 0 Å². The summed E-state index contributed by atoms with van der Waals surface area (Å²) >= 11 is 2.08. The highest BCUT2D eigenvalue weighted by Gasteiger charge is 2.36. The SMILES string of the molecule is CC1(C(CCCc2ccccc2)NN)CCCS1. The summed E-state index contributed by atoms with van der Waals surface area (Å²) in [5, 5.41) is 0. The molecule has 0 aromatic heterocycles. The van der Waals surface area contributed by atoms with Gasteiger partial charge in [0.1, 0.15) is 0 Å². The number of rotatable bonds is 6. The van der Waals surface area contributed by atoms with Crippen molar-refractivity contribution in [3.63, 3.8) is 0 Å². The summed E-state index contributed by atoms with van der Waals surface area (Å²) in [6, 6.07) is 11.1. The van der Waals surface area contributed by atoms with Crippen LogP contribution in [0.5, 0.6) is 0 Å². The molecule has 2 nitrogen and oxygen atoms in total. The number of hydrogen-bond donors (Lipinski definition) is 2. The fourth-order valence-electron chi connectivity index (χ4n) is 2.80. The van der Waals surface area contributed by atoms with Crippen molar-refractivity contribution in [3.05, 3.63) is 35.9 Å². The molecule has 0 bridgehead atoms. The van der Waals surface area contributed by atoms with Gasteiger partial charge in [-0.3, -0.25) is 11.3 Å². The molecule has 100 valence electrons. The number of benzene rings is 1. The van der Waals surface area contributed by atoms with E-state index >= 15 is 0 Å². The zero-order valence-corrected chi connectivity index (χ0v) is 12.0. The van der Waals surface area contributed by atoms with Gasteiger partial charge in [-0.2, -0.15) is 11.8 Å². The maximum Gasteiger partial charge on any atom is 0.0355 e. The molecule has 0 spiro atoms. The molecule has 1 fully saturated rings. The third-order valence-electron chi connectivity index (χ3n) is 3.99. The lowest BCUT2D eigenvalue weighted by Crippen LogP contribution is -2.48. The molecule has 18 heavy (non-hydrogen) atoms. The van der Waals surface area contributed by atoms with Gasteiger partial charge in [-0.05, 0) is 50.3 Å². The summed E-state index contributed by atoms with van der Waals surface area (Å²) in [6.07, 6.45) is 6.14. The van der Waals surface area contributed by atoms with E-state index in [1.807, 2.05) is 0 Å². The van der Waals surface area contributed by atoms with Crippen LogP contribution in [-0.2, 0) is 6.42 Å². The molecule has 3 N–H and O–H groups in total. The maximum atomic E-state index is 5.75. The van der Waals surface area contributed by atoms with Gasteiger partial charge in [0.05, 0.1) is 0 Å². The number of hydrazine groups is 1. The van der Waals surface area contributed by atoms with Gasteiger partial charge < -0.3 is 0 Å². The Labute approximate surface area is 115 Å². The molecule has 2 atom stereocenters. The van der Waals surface area contributed by atoms with Gasteiger partial charge in [0.2, 0.25) is 0 Å². The Balaban J connectivity index is 1.81. The standard InChI is InChI=1S/C15H24N2S/c1-15(11-6-12-18-15)14(17-16)10-5-9-13-7-3-2-4-8-13/h2-4,7-8,14,17H,5-6,9-12,16H2,1H3. The minimum Gasteiger partial charge on any atom is -0.271 e. The van der Waals surface area contributed by atoms with Crippen LogP contribution in [0.4, 0.5) is 0 Å². The topological polar surface area (TPSA) is 38.0 Å². The van der Waals surface area contributed by atoms with E-state index in [4.69, 9.17) is 5.84 Å². The van der Waals surface area contributed by atoms with E-state index in [2.05, 4.69) is 54.4 Å². The fraction of sp³-hybridized carbons (Fsp3) is 0.600. The van der Waals surface area contributed by atoms with E-state index in [1.165, 1.54) is 30.6 Å². The third-order valence-corrected chi connectivity index (χ3v) is 5.63. The lowest BCUT2D eigenvalue weighted by atomic mass is 9.92. The molecule has 0 aliphatic carbocycles. The van der Waals surface area contributed by atoms with Crippen LogP contribution in [0.15, 0.2) is 30.3 Å². The second-order valence-corrected chi connectivity index (χ2v) is 6.99. The van der Waals surface area contributed by atoms with Crippen molar-refractivity contribution in [1.82, 2.24) is 5.43 Å². The summed E-state index contributed by atoms with van der Waals surface area (Å²) in [5.41, 5.74) is 4.48. The van der Waals surface area contributed by atoms with Crippen LogP contribution < -0.4 is 11.3 Å². The molecule has 0 radical (unpaired) electrons. The van der Waals surface area contributed by atoms with Crippen LogP contribution >= 0.6 is 11.8 Å². The monoisotopic (exact) mass is 264 g/mol. The first kappa shape index (κ1) is 13.9. The van der Waals surface area contributed by atoms with E-state index in [0.29, 0.717) is 10.8 Å². The number of thioether (sulfide) groups is 1. The highest BCUT2D eigenvalue weighted by molar-refractivity contribution is 8.00. The molecular formula is C15H24N2S. The molecule has 1 aliphatic rings. The van der Waals surface area contributed by atoms with Gasteiger partial charge in [-0.1, -0.05) is 30.3 Å². The van der Waals surface area contributed by atoms with Gasteiger partial charge in [-0.25, -0.2) is 0 Å². The van der Waals surface area contributed by atoms with Gasteiger partial charge in [0.25, 0.3) is 0 Å². The minimum absolute atomic E-state index is 0.339. The largest absolute Gasteiger partial charge is 0.271 e. The van der Waals surface area contributed by atoms with Crippen molar-refractivity contribution in [2.24, 2.45) is 5.84 Å². The summed E-state index contributed by atoms with van der Waals surface area (Å²) in [6.45, 7) is 2.36. The quantitative estimate of drug-likeness (QED) is 0.612. The Bertz CT molecular complexity index is 347. The van der Waals surface area contributed by atoms with E-state index in [0.717, 1.165) is 12.8 Å². The Kier molecular flexibility index (Phi) is 5.10. The van der Waals surface area contributed by atoms with Crippen molar-refractivity contribution >= 4 is 11.8 Å². The molecule has 1 heterocycles. The molecule has 0 amide bonds. The van der Waals surface area contributed by atoms with Crippen LogP contribution in [0, 0.1) is 0 Å². The zero-order chi connectivity index (χ0) is 12.8. The first-order valence-corrected chi connectivity index (χ1v) is 7.87. The van der Waals surface area contributed by atoms with Gasteiger partial charge in [-0.15, -0.1) is 0 Å². The summed E-state index contributed by atoms with van der Waals surface area (Å²) in [5.74, 6) is 7.04. The molecule has 2 unspecified atom stereocenters. The second kappa shape index (κ2) is 6.60. The highest BCUT2D eigenvalue weighted by Crippen LogP contribution is 2.41. The molecular weight excluding hydrogens is 240 g/mol. The average molecular weight is 264 g/mol. The first-order valence-electron chi connectivity index (χ1n) is 6.88. The van der Waals surface area contributed by atoms with Crippen molar-refractivity contribution in [2.75, 3.05) is 5.75 Å². The Morgan fingerprint density at radius 2 is 2.17 bits per heavy atom. The average Bonchev–Trinajstić information content (AvgIpc) is 2.84. The van der Waals surface area contributed by atoms with Crippen LogP contribution in [0.3, 0.4) is 0 Å². The number of aryl methyl sites for hydroxylation is 1. The molecule has 1 aromatic rings. The van der Waals surface area contributed by atoms with Gasteiger partial charge >= 0.3 is 0 Å². The second-order valence-electron chi connectivity index (χ2n) is 5.36. The lowest BCUT2D eigenvalue weighted by molar-refractivity contribution is 0.379. The zero-order valence-electron chi connectivity index (χ0n) is 11.2. The normalized spacial score (nSPS) is 25.2. The minimum atomic E-state index is 0.339. The highest BCUT2D eigenvalue weighted by atomic mass is 32.2. The fourth-order valence-corrected chi connectivity index (χ4v) is 4.23. The third kappa shape index (κ3) is 3.50. The van der Waals surface area contributed by atoms with Crippen molar-refractivity contribution in [3.8, 4) is 0 Å². The predicted molar refractivity (Wildman–Crippen MR) is 80.6 cm³/mol. The van der Waals surface area contributed by atoms with E-state index in [9.17, 15) is 0 Å². The Morgan fingerprint density at radius 3 is 2.78 bits per heavy atom. The number of nitrogens with two attached hydrogens (primary N) is 1. The molecule has 1 aromatic carbocycles. The molecule has 1 saturated heterocycles. The number of nitrogens with one attached hydrogen (secondary N) is 1. The summed E-state index contributed by atoms with van der Waals surface area (Å²) < 4.78 is 0.339. The van der Waals surface area contributed by atoms with Crippen LogP contribution in [-0.4, -0.2) is 16.5 Å². The van der Waals surface area contributed by atoms with E-state index in [1.54, 1.807) is 0 Å². The number of hydrogen-bond acceptors (Lipinski definition) is 3. The van der Waals surface area contributed by atoms with Gasteiger partial charge in [0.15, 0.2) is 0 Å². The Morgan fingerprint density at radius 1 is 1.39 bits per heavy atom. The molecule has 3 heteroatoms. The Hall–Kier alpha value is -0.510. The summed E-state index contributed by atoms with van der Waals surface area (Å²) in [4.78, 5) is 0. The molecule has 2 rings (SSSR count). The maximum absolute atomic E-state index is 5.75. The summed E-state index contributed by atoms with van der Waals surface area (Å²) in [7, 11) is 0. The van der Waals surface area contributed by atoms with Crippen LogP contribution in [0.1, 0.15) is 38.2 Å². The van der Waals surface area contributed by atoms with Crippen LogP contribution in [0.2, 0.25) is 0 Å². The predicted octanol–water partition coefficient (Wildman–Crippen LogP) is 3.13. The molecule has 0 saturated carbocycles. The van der Waals surface area contributed by atoms with Crippen molar-refractivity contribution in [1.29, 1.82) is 0 Å². The smallest absolute Gasteiger partial charge is 0.0355 e. The van der Waals surface area contributed by atoms with Crippen LogP contribution in [0.25, 0.3) is 0 Å². The van der Waals surface area contributed by atoms with E-state index < -0.39 is 0 Å².